The van der Waals surface area contributed by atoms with Gasteiger partial charge in [-0.15, -0.1) is 0 Å². The second-order valence-electron chi connectivity index (χ2n) is 2.97. The molecule has 0 radical (unpaired) electrons. The van der Waals surface area contributed by atoms with Gasteiger partial charge in [-0.2, -0.15) is 4.57 Å². The Kier molecular flexibility index (Phi) is 5.40. The molecule has 13 heavy (non-hydrogen) atoms. The Balaban J connectivity index is 0.00000144. The van der Waals surface area contributed by atoms with Gasteiger partial charge in [0.25, 0.3) is 0 Å². The standard InChI is InChI=1S/C11H16N.ClH/c1-4-8-12-9-11(5-2)7-6-10(12)3;/h4,6-7,9H,1,5,8H2,2-3H3;1H/q+1;/p-1. The second kappa shape index (κ2) is 5.76. The number of allylic oxidation sites excluding steroid dienone is 1. The zero-order valence-electron chi connectivity index (χ0n) is 8.26. The van der Waals surface area contributed by atoms with Crippen LogP contribution in [0.3, 0.4) is 0 Å². The molecule has 0 aliphatic heterocycles. The highest BCUT2D eigenvalue weighted by atomic mass is 35.5. The van der Waals surface area contributed by atoms with Crippen molar-refractivity contribution in [3.05, 3.63) is 42.2 Å². The fraction of sp³-hybridized carbons (Fsp3) is 0.364. The minimum absolute atomic E-state index is 0. The van der Waals surface area contributed by atoms with Gasteiger partial charge in [-0.3, -0.25) is 0 Å². The number of nitrogens with zero attached hydrogens (tertiary/aromatic N) is 1. The third kappa shape index (κ3) is 3.19. The third-order valence-electron chi connectivity index (χ3n) is 2.05. The summed E-state index contributed by atoms with van der Waals surface area (Å²) in [5, 5.41) is 0. The van der Waals surface area contributed by atoms with E-state index in [1.54, 1.807) is 0 Å². The number of hydrogen-bond donors (Lipinski definition) is 0. The predicted molar refractivity (Wildman–Crippen MR) is 50.9 cm³/mol. The van der Waals surface area contributed by atoms with Crippen molar-refractivity contribution >= 4 is 0 Å². The second-order valence-corrected chi connectivity index (χ2v) is 2.97. The van der Waals surface area contributed by atoms with Crippen molar-refractivity contribution in [2.45, 2.75) is 26.8 Å². The Labute approximate surface area is 86.5 Å². The van der Waals surface area contributed by atoms with E-state index in [9.17, 15) is 0 Å². The third-order valence-corrected chi connectivity index (χ3v) is 2.05. The lowest BCUT2D eigenvalue weighted by molar-refractivity contribution is -0.693. The molecule has 0 aliphatic rings. The summed E-state index contributed by atoms with van der Waals surface area (Å²) in [5.41, 5.74) is 2.66. The summed E-state index contributed by atoms with van der Waals surface area (Å²) >= 11 is 0. The fourth-order valence-corrected chi connectivity index (χ4v) is 1.21. The van der Waals surface area contributed by atoms with E-state index in [1.165, 1.54) is 11.3 Å². The maximum atomic E-state index is 3.73. The Morgan fingerprint density at radius 2 is 2.15 bits per heavy atom. The molecule has 0 saturated heterocycles. The number of hydrogen-bond acceptors (Lipinski definition) is 0. The lowest BCUT2D eigenvalue weighted by atomic mass is 10.2. The van der Waals surface area contributed by atoms with Crippen LogP contribution in [0.15, 0.2) is 31.0 Å². The van der Waals surface area contributed by atoms with Crippen LogP contribution in [0.5, 0.6) is 0 Å². The summed E-state index contributed by atoms with van der Waals surface area (Å²) in [6.45, 7) is 8.92. The van der Waals surface area contributed by atoms with E-state index in [2.05, 4.69) is 43.3 Å². The van der Waals surface area contributed by atoms with Crippen LogP contribution in [-0.4, -0.2) is 0 Å². The van der Waals surface area contributed by atoms with Crippen LogP contribution < -0.4 is 17.0 Å². The summed E-state index contributed by atoms with van der Waals surface area (Å²) < 4.78 is 2.21. The first-order valence-electron chi connectivity index (χ1n) is 4.37. The van der Waals surface area contributed by atoms with E-state index in [0.717, 1.165) is 13.0 Å². The number of rotatable bonds is 3. The van der Waals surface area contributed by atoms with Gasteiger partial charge in [-0.1, -0.05) is 13.5 Å². The molecule has 0 bridgehead atoms. The van der Waals surface area contributed by atoms with Crippen molar-refractivity contribution in [3.63, 3.8) is 0 Å². The normalized spacial score (nSPS) is 9.08. The molecule has 72 valence electrons. The number of aryl methyl sites for hydroxylation is 2. The largest absolute Gasteiger partial charge is 1.00 e. The van der Waals surface area contributed by atoms with Crippen LogP contribution in [0, 0.1) is 6.92 Å². The molecule has 0 amide bonds. The van der Waals surface area contributed by atoms with Crippen molar-refractivity contribution in [1.82, 2.24) is 0 Å². The fourth-order valence-electron chi connectivity index (χ4n) is 1.21. The van der Waals surface area contributed by atoms with Crippen LogP contribution in [0.4, 0.5) is 0 Å². The summed E-state index contributed by atoms with van der Waals surface area (Å²) in [4.78, 5) is 0. The molecule has 0 saturated carbocycles. The maximum absolute atomic E-state index is 3.73. The molecular weight excluding hydrogens is 182 g/mol. The van der Waals surface area contributed by atoms with Crippen molar-refractivity contribution in [3.8, 4) is 0 Å². The van der Waals surface area contributed by atoms with Gasteiger partial charge in [0.1, 0.15) is 0 Å². The molecule has 1 aromatic rings. The average Bonchev–Trinajstić information content (AvgIpc) is 2.09. The summed E-state index contributed by atoms with van der Waals surface area (Å²) in [6.07, 6.45) is 5.21. The summed E-state index contributed by atoms with van der Waals surface area (Å²) in [5.74, 6) is 0. The Hall–Kier alpha value is -0.820. The Morgan fingerprint density at radius 1 is 1.46 bits per heavy atom. The number of pyridine rings is 1. The van der Waals surface area contributed by atoms with Gasteiger partial charge in [0.2, 0.25) is 0 Å². The lowest BCUT2D eigenvalue weighted by Crippen LogP contribution is -3.00. The quantitative estimate of drug-likeness (QED) is 0.434. The minimum Gasteiger partial charge on any atom is -1.00 e. The highest BCUT2D eigenvalue weighted by molar-refractivity contribution is 5.08. The van der Waals surface area contributed by atoms with Crippen LogP contribution in [0.25, 0.3) is 0 Å². The summed E-state index contributed by atoms with van der Waals surface area (Å²) in [6, 6.07) is 4.33. The first-order chi connectivity index (χ1) is 5.77. The SMILES string of the molecule is C=CC[n+]1cc(CC)ccc1C.[Cl-]. The van der Waals surface area contributed by atoms with Gasteiger partial charge in [-0.05, 0) is 18.6 Å². The minimum atomic E-state index is 0. The zero-order valence-corrected chi connectivity index (χ0v) is 9.01. The van der Waals surface area contributed by atoms with Gasteiger partial charge in [0, 0.05) is 18.6 Å². The molecule has 0 spiro atoms. The van der Waals surface area contributed by atoms with Gasteiger partial charge in [0.15, 0.2) is 18.4 Å². The molecule has 0 unspecified atom stereocenters. The molecule has 0 fully saturated rings. The van der Waals surface area contributed by atoms with Gasteiger partial charge in [-0.25, -0.2) is 0 Å². The van der Waals surface area contributed by atoms with E-state index in [-0.39, 0.29) is 12.4 Å². The van der Waals surface area contributed by atoms with Crippen LogP contribution in [0.1, 0.15) is 18.2 Å². The molecule has 1 aromatic heterocycles. The van der Waals surface area contributed by atoms with Crippen LogP contribution >= 0.6 is 0 Å². The molecule has 0 aliphatic carbocycles. The smallest absolute Gasteiger partial charge is 0.178 e. The van der Waals surface area contributed by atoms with Crippen LogP contribution in [0.2, 0.25) is 0 Å². The maximum Gasteiger partial charge on any atom is 0.178 e. The molecule has 0 N–H and O–H groups in total. The van der Waals surface area contributed by atoms with Crippen LogP contribution in [-0.2, 0) is 13.0 Å². The van der Waals surface area contributed by atoms with E-state index in [0.29, 0.717) is 0 Å². The highest BCUT2D eigenvalue weighted by Crippen LogP contribution is 1.98. The predicted octanol–water partition coefficient (Wildman–Crippen LogP) is -0.965. The lowest BCUT2D eigenvalue weighted by Gasteiger charge is -1.99. The topological polar surface area (TPSA) is 3.88 Å². The van der Waals surface area contributed by atoms with Gasteiger partial charge >= 0.3 is 0 Å². The van der Waals surface area contributed by atoms with Crippen molar-refractivity contribution in [1.29, 1.82) is 0 Å². The van der Waals surface area contributed by atoms with Crippen molar-refractivity contribution in [2.24, 2.45) is 0 Å². The number of aromatic nitrogens is 1. The monoisotopic (exact) mass is 197 g/mol. The Bertz CT molecular complexity index is 281. The van der Waals surface area contributed by atoms with Gasteiger partial charge < -0.3 is 12.4 Å². The van der Waals surface area contributed by atoms with E-state index in [1.807, 2.05) is 6.08 Å². The first-order valence-corrected chi connectivity index (χ1v) is 4.37. The summed E-state index contributed by atoms with van der Waals surface area (Å²) in [7, 11) is 0. The molecule has 0 aromatic carbocycles. The van der Waals surface area contributed by atoms with Gasteiger partial charge in [0.05, 0.1) is 0 Å². The molecule has 1 nitrogen and oxygen atoms in total. The van der Waals surface area contributed by atoms with E-state index >= 15 is 0 Å². The Morgan fingerprint density at radius 3 is 2.69 bits per heavy atom. The molecule has 2 heteroatoms. The molecule has 0 atom stereocenters. The average molecular weight is 198 g/mol. The first kappa shape index (κ1) is 12.2. The zero-order chi connectivity index (χ0) is 8.97. The van der Waals surface area contributed by atoms with E-state index in [4.69, 9.17) is 0 Å². The molecule has 1 heterocycles. The molecule has 1 rings (SSSR count). The highest BCUT2D eigenvalue weighted by Gasteiger charge is 2.03. The molecular formula is C11H16ClN. The number of halogens is 1. The van der Waals surface area contributed by atoms with Crippen molar-refractivity contribution < 1.29 is 17.0 Å². The van der Waals surface area contributed by atoms with E-state index < -0.39 is 0 Å². The van der Waals surface area contributed by atoms with Crippen molar-refractivity contribution in [2.75, 3.05) is 0 Å².